The third kappa shape index (κ3) is 19.4. The molecular formula is C55H88N6O13S. The molecule has 4 rings (SSSR count). The summed E-state index contributed by atoms with van der Waals surface area (Å²) in [6.07, 6.45) is 4.21. The second-order valence-corrected chi connectivity index (χ2v) is 21.4. The molecule has 0 radical (unpaired) electrons. The molecule has 1 aromatic carbocycles. The minimum absolute atomic E-state index is 0.0142. The van der Waals surface area contributed by atoms with E-state index in [0.717, 1.165) is 44.2 Å². The number of amides is 4. The maximum Gasteiger partial charge on any atom is 0.313 e. The number of hydrogen-bond acceptors (Lipinski definition) is 16. The number of ether oxygens (including phenoxy) is 5. The minimum atomic E-state index is -0.837. The maximum absolute atomic E-state index is 14.8. The third-order valence-corrected chi connectivity index (χ3v) is 15.2. The van der Waals surface area contributed by atoms with Gasteiger partial charge in [0, 0.05) is 57.0 Å². The molecule has 4 amide bonds. The number of nitrogens with one attached hydrogen (secondary N) is 3. The molecule has 0 bridgehead atoms. The second-order valence-electron chi connectivity index (χ2n) is 20.5. The van der Waals surface area contributed by atoms with Crippen LogP contribution in [-0.4, -0.2) is 157 Å². The second kappa shape index (κ2) is 32.1. The molecule has 1 aliphatic carbocycles. The van der Waals surface area contributed by atoms with Crippen LogP contribution in [0.4, 0.5) is 0 Å². The minimum Gasteiger partial charge on any atom is -0.508 e. The van der Waals surface area contributed by atoms with Crippen molar-refractivity contribution in [2.24, 2.45) is 11.8 Å². The van der Waals surface area contributed by atoms with Crippen molar-refractivity contribution < 1.29 is 62.7 Å². The van der Waals surface area contributed by atoms with E-state index in [1.54, 1.807) is 18.4 Å². The molecule has 20 heteroatoms. The highest BCUT2D eigenvalue weighted by molar-refractivity contribution is 7.09. The van der Waals surface area contributed by atoms with Crippen LogP contribution in [0, 0.1) is 11.8 Å². The summed E-state index contributed by atoms with van der Waals surface area (Å²) in [6.45, 7) is 17.2. The van der Waals surface area contributed by atoms with Gasteiger partial charge in [0.15, 0.2) is 6.29 Å². The number of nitrogens with zero attached hydrogens (tertiary/aromatic N) is 3. The van der Waals surface area contributed by atoms with Crippen molar-refractivity contribution in [3.63, 3.8) is 0 Å². The summed E-state index contributed by atoms with van der Waals surface area (Å²) in [5.41, 5.74) is 1.55. The zero-order valence-electron chi connectivity index (χ0n) is 46.2. The maximum atomic E-state index is 14.8. The average molecular weight is 1070 g/mol. The number of aromatic hydroxyl groups is 1. The van der Waals surface area contributed by atoms with E-state index in [1.165, 1.54) is 30.6 Å². The summed E-state index contributed by atoms with van der Waals surface area (Å²) in [6, 6.07) is 3.08. The molecule has 1 aliphatic heterocycles. The molecule has 10 atom stereocenters. The number of likely N-dealkylation sites (N-methyl/N-ethyl adjacent to an activating group) is 1. The number of benzene rings is 1. The number of methoxy groups -OCH3 is 1. The van der Waals surface area contributed by atoms with Gasteiger partial charge in [-0.25, -0.2) is 4.98 Å². The van der Waals surface area contributed by atoms with Crippen molar-refractivity contribution >= 4 is 46.9 Å². The Balaban J connectivity index is 1.39. The number of rotatable bonds is 32. The predicted molar refractivity (Wildman–Crippen MR) is 285 cm³/mol. The summed E-state index contributed by atoms with van der Waals surface area (Å²) >= 11 is 1.32. The van der Waals surface area contributed by atoms with E-state index in [-0.39, 0.29) is 98.5 Å². The first-order valence-corrected chi connectivity index (χ1v) is 28.2. The number of aliphatic hydroxyl groups excluding tert-OH is 1. The Morgan fingerprint density at radius 1 is 1.00 bits per heavy atom. The highest BCUT2D eigenvalue weighted by Crippen LogP contribution is 2.36. The predicted octanol–water partition coefficient (Wildman–Crippen LogP) is 6.33. The summed E-state index contributed by atoms with van der Waals surface area (Å²) in [5.74, 6) is -3.01. The molecule has 2 aliphatic rings. The molecule has 0 saturated carbocycles. The Bertz CT molecular complexity index is 2120. The van der Waals surface area contributed by atoms with Gasteiger partial charge in [0.25, 0.3) is 5.91 Å². The number of fused-ring (bicyclic) bond motifs is 1. The number of phenolic OH excluding ortho intramolecular Hbond substituents is 1. The van der Waals surface area contributed by atoms with Crippen molar-refractivity contribution in [1.29, 1.82) is 0 Å². The normalized spacial score (nSPS) is 19.6. The Morgan fingerprint density at radius 3 is 2.41 bits per heavy atom. The fraction of sp³-hybridized carbons (Fsp3) is 0.727. The number of carbonyl (C=O) groups is 6. The van der Waals surface area contributed by atoms with Crippen molar-refractivity contribution in [2.45, 2.75) is 194 Å². The van der Waals surface area contributed by atoms with Crippen LogP contribution in [0.1, 0.15) is 171 Å². The third-order valence-electron chi connectivity index (χ3n) is 14.2. The first-order chi connectivity index (χ1) is 35.9. The lowest BCUT2D eigenvalue weighted by molar-refractivity contribution is -0.194. The number of esters is 2. The monoisotopic (exact) mass is 1070 g/mol. The fourth-order valence-electron chi connectivity index (χ4n) is 9.60. The topological polar surface area (TPSA) is 244 Å². The fourth-order valence-corrected chi connectivity index (χ4v) is 10.5. The Hall–Kier alpha value is -4.73. The standard InChI is InChI=1S/C55H88N6O13S/c1-11-23-61(54(68)50(35(7)13-3)59-52(67)44-18-15-16-24-60(44)9)45(34(5)6)29-46(71-25-12-2)53-58-43(33-75-53)51(66)57-38-26-37-21-22-39(63)28-41(37)42(27-38)55(69)73-36(8)30-56-47(64)19-17-20-48(65)72-32-49(70-10)74-40(14-4)31-62/h21-22,28,33-36,38,40,42,44-46,49-50,62-63H,11-20,23-27,29-32H2,1-10H3,(H,56,64)(H,57,66)(H,59,67)/t35-,36?,38-,40?,42+,44+,45+,46+,49?,50-/m0/s1. The van der Waals surface area contributed by atoms with Gasteiger partial charge in [-0.2, -0.15) is 0 Å². The van der Waals surface area contributed by atoms with Gasteiger partial charge in [-0.3, -0.25) is 33.7 Å². The van der Waals surface area contributed by atoms with E-state index in [9.17, 15) is 39.0 Å². The molecule has 0 spiro atoms. The van der Waals surface area contributed by atoms with E-state index in [0.29, 0.717) is 49.4 Å². The van der Waals surface area contributed by atoms with Gasteiger partial charge < -0.3 is 54.7 Å². The van der Waals surface area contributed by atoms with Crippen LogP contribution in [0.25, 0.3) is 0 Å². The van der Waals surface area contributed by atoms with Gasteiger partial charge in [0.1, 0.15) is 41.3 Å². The highest BCUT2D eigenvalue weighted by Gasteiger charge is 2.39. The quantitative estimate of drug-likeness (QED) is 0.0397. The summed E-state index contributed by atoms with van der Waals surface area (Å²) < 4.78 is 28.2. The number of thiazole rings is 1. The van der Waals surface area contributed by atoms with Gasteiger partial charge in [-0.05, 0) is 107 Å². The van der Waals surface area contributed by atoms with Crippen molar-refractivity contribution in [2.75, 3.05) is 53.6 Å². The van der Waals surface area contributed by atoms with Crippen LogP contribution in [0.5, 0.6) is 5.75 Å². The Kier molecular flexibility index (Phi) is 26.9. The number of carbonyl (C=O) groups excluding carboxylic acids is 6. The summed E-state index contributed by atoms with van der Waals surface area (Å²) in [7, 11) is 3.37. The number of likely N-dealkylation sites (tertiary alicyclic amines) is 1. The van der Waals surface area contributed by atoms with Gasteiger partial charge in [-0.15, -0.1) is 11.3 Å². The van der Waals surface area contributed by atoms with Crippen LogP contribution in [0.2, 0.25) is 0 Å². The van der Waals surface area contributed by atoms with Crippen molar-refractivity contribution in [1.82, 2.24) is 30.7 Å². The average Bonchev–Trinajstić information content (AvgIpc) is 3.89. The lowest BCUT2D eigenvalue weighted by Crippen LogP contribution is -2.58. The molecule has 422 valence electrons. The molecule has 2 heterocycles. The van der Waals surface area contributed by atoms with Crippen LogP contribution in [0.15, 0.2) is 23.6 Å². The summed E-state index contributed by atoms with van der Waals surface area (Å²) in [4.78, 5) is 90.2. The van der Waals surface area contributed by atoms with Crippen molar-refractivity contribution in [3.05, 3.63) is 45.4 Å². The van der Waals surface area contributed by atoms with Crippen LogP contribution in [0.3, 0.4) is 0 Å². The molecule has 1 saturated heterocycles. The number of aliphatic hydroxyl groups is 1. The van der Waals surface area contributed by atoms with E-state index >= 15 is 0 Å². The lowest BCUT2D eigenvalue weighted by Gasteiger charge is -2.40. The number of phenols is 1. The van der Waals surface area contributed by atoms with Gasteiger partial charge in [-0.1, -0.05) is 67.4 Å². The Labute approximate surface area is 448 Å². The first-order valence-electron chi connectivity index (χ1n) is 27.3. The van der Waals surface area contributed by atoms with E-state index in [1.807, 2.05) is 46.6 Å². The van der Waals surface area contributed by atoms with Gasteiger partial charge >= 0.3 is 11.9 Å². The molecule has 3 unspecified atom stereocenters. The highest BCUT2D eigenvalue weighted by atomic mass is 32.1. The molecule has 2 aromatic rings. The van der Waals surface area contributed by atoms with Crippen LogP contribution < -0.4 is 16.0 Å². The zero-order valence-corrected chi connectivity index (χ0v) is 47.0. The van der Waals surface area contributed by atoms with Gasteiger partial charge in [0.2, 0.25) is 17.7 Å². The lowest BCUT2D eigenvalue weighted by atomic mass is 9.80. The van der Waals surface area contributed by atoms with E-state index in [2.05, 4.69) is 34.7 Å². The van der Waals surface area contributed by atoms with Crippen LogP contribution in [-0.2, 0) is 54.1 Å². The first kappa shape index (κ1) is 62.8. The molecule has 1 fully saturated rings. The molecular weight excluding hydrogens is 985 g/mol. The van der Waals surface area contributed by atoms with Gasteiger partial charge in [0.05, 0.1) is 31.2 Å². The zero-order chi connectivity index (χ0) is 55.2. The Morgan fingerprint density at radius 2 is 1.76 bits per heavy atom. The van der Waals surface area contributed by atoms with E-state index in [4.69, 9.17) is 28.7 Å². The number of aromatic nitrogens is 1. The van der Waals surface area contributed by atoms with E-state index < -0.39 is 60.4 Å². The molecule has 5 N–H and O–H groups in total. The number of hydrogen-bond donors (Lipinski definition) is 5. The molecule has 19 nitrogen and oxygen atoms in total. The van der Waals surface area contributed by atoms with Crippen molar-refractivity contribution in [3.8, 4) is 5.75 Å². The van der Waals surface area contributed by atoms with Crippen LogP contribution >= 0.6 is 11.3 Å². The number of piperidine rings is 1. The molecule has 75 heavy (non-hydrogen) atoms. The smallest absolute Gasteiger partial charge is 0.313 e. The largest absolute Gasteiger partial charge is 0.508 e. The SMILES string of the molecule is CCCO[C@H](C[C@H](C(C)C)N(CCC)C(=O)[C@@H](NC(=O)[C@H]1CCCCN1C)[C@@H](C)CC)c1nc(C(=O)N[C@H]2Cc3ccc(O)cc3[C@H](C(=O)OC(C)CNC(=O)CCCC(=O)OCC(OC)OC(CC)CO)C2)cs1. The molecule has 1 aromatic heterocycles. The summed E-state index contributed by atoms with van der Waals surface area (Å²) in [5, 5.41) is 31.1.